The Morgan fingerprint density at radius 3 is 2.59 bits per heavy atom. The number of hydrogen-bond donors (Lipinski definition) is 4. The topological polar surface area (TPSA) is 116 Å². The Bertz CT molecular complexity index is 702. The van der Waals surface area contributed by atoms with Crippen LogP contribution in [0.4, 0.5) is 0 Å². The van der Waals surface area contributed by atoms with E-state index in [1.54, 1.807) is 0 Å². The number of Topliss-reactive ketones (excluding diaryl/α,β-unsaturated/α-hetero) is 1. The van der Waals surface area contributed by atoms with Crippen LogP contribution in [0.3, 0.4) is 0 Å². The number of aromatic nitrogens is 1. The average molecular weight is 427 g/mol. The van der Waals surface area contributed by atoms with Crippen LogP contribution in [0.15, 0.2) is 6.07 Å². The first-order chi connectivity index (χ1) is 13.6. The lowest BCUT2D eigenvalue weighted by Crippen LogP contribution is -2.37. The van der Waals surface area contributed by atoms with E-state index in [2.05, 4.69) is 11.9 Å². The van der Waals surface area contributed by atoms with Gasteiger partial charge in [0.1, 0.15) is 0 Å². The molecule has 0 saturated heterocycles. The minimum Gasteiger partial charge on any atom is -0.356 e. The molecule has 6 nitrogen and oxygen atoms in total. The Morgan fingerprint density at radius 2 is 1.97 bits per heavy atom. The van der Waals surface area contributed by atoms with Gasteiger partial charge in [0, 0.05) is 17.7 Å². The second-order valence-corrected chi connectivity index (χ2v) is 10.9. The summed E-state index contributed by atoms with van der Waals surface area (Å²) in [6.07, 6.45) is 11.6. The van der Waals surface area contributed by atoms with Gasteiger partial charge >= 0.3 is 7.60 Å². The summed E-state index contributed by atoms with van der Waals surface area (Å²) in [5.74, 6) is 0.983. The number of carbonyl (C=O) groups is 1. The van der Waals surface area contributed by atoms with E-state index >= 15 is 0 Å². The molecule has 1 unspecified atom stereocenters. The number of aromatic amines is 1. The third-order valence-electron chi connectivity index (χ3n) is 6.33. The molecule has 0 spiro atoms. The third kappa shape index (κ3) is 8.75. The molecule has 29 heavy (non-hydrogen) atoms. The predicted octanol–water partition coefficient (Wildman–Crippen LogP) is 4.73. The van der Waals surface area contributed by atoms with Crippen molar-refractivity contribution in [3.63, 3.8) is 0 Å². The van der Waals surface area contributed by atoms with Crippen molar-refractivity contribution in [1.82, 2.24) is 4.98 Å². The van der Waals surface area contributed by atoms with Crippen LogP contribution < -0.4 is 5.73 Å². The first-order valence-corrected chi connectivity index (χ1v) is 13.0. The van der Waals surface area contributed by atoms with Gasteiger partial charge in [0.2, 0.25) is 0 Å². The van der Waals surface area contributed by atoms with E-state index < -0.39 is 13.1 Å². The summed E-state index contributed by atoms with van der Waals surface area (Å²) in [5, 5.41) is 0. The highest BCUT2D eigenvalue weighted by molar-refractivity contribution is 7.51. The molecule has 1 aromatic heterocycles. The van der Waals surface area contributed by atoms with Crippen molar-refractivity contribution < 1.29 is 19.1 Å². The van der Waals surface area contributed by atoms with Gasteiger partial charge < -0.3 is 20.5 Å². The molecule has 166 valence electrons. The van der Waals surface area contributed by atoms with Gasteiger partial charge in [-0.2, -0.15) is 0 Å². The maximum Gasteiger partial charge on any atom is 0.325 e. The maximum absolute atomic E-state index is 12.6. The Morgan fingerprint density at radius 1 is 1.28 bits per heavy atom. The summed E-state index contributed by atoms with van der Waals surface area (Å²) in [5.41, 5.74) is 8.44. The average Bonchev–Trinajstić information content (AvgIpc) is 3.09. The van der Waals surface area contributed by atoms with Crippen molar-refractivity contribution in [1.29, 1.82) is 0 Å². The molecule has 0 radical (unpaired) electrons. The normalized spacial score (nSPS) is 18.0. The van der Waals surface area contributed by atoms with Crippen molar-refractivity contribution in [2.24, 2.45) is 11.7 Å². The number of nitrogens with one attached hydrogen (secondary N) is 1. The fourth-order valence-corrected chi connectivity index (χ4v) is 5.13. The van der Waals surface area contributed by atoms with E-state index in [9.17, 15) is 9.36 Å². The number of rotatable bonds is 12. The molecular formula is C22H39N2O4P. The zero-order chi connectivity index (χ0) is 21.5. The van der Waals surface area contributed by atoms with Gasteiger partial charge in [-0.25, -0.2) is 0 Å². The Labute approximate surface area is 175 Å². The summed E-state index contributed by atoms with van der Waals surface area (Å²) in [7, 11) is -4.04. The van der Waals surface area contributed by atoms with E-state index in [4.69, 9.17) is 15.5 Å². The van der Waals surface area contributed by atoms with Crippen LogP contribution in [-0.2, 0) is 17.4 Å². The molecule has 0 aliphatic heterocycles. The van der Waals surface area contributed by atoms with Gasteiger partial charge in [-0.3, -0.25) is 9.36 Å². The fraction of sp³-hybridized carbons (Fsp3) is 0.773. The zero-order valence-electron chi connectivity index (χ0n) is 18.1. The van der Waals surface area contributed by atoms with Gasteiger partial charge in [-0.05, 0) is 56.6 Å². The Balaban J connectivity index is 1.86. The highest BCUT2D eigenvalue weighted by Crippen LogP contribution is 2.37. The highest BCUT2D eigenvalue weighted by atomic mass is 31.2. The second-order valence-electron chi connectivity index (χ2n) is 9.15. The quantitative estimate of drug-likeness (QED) is 0.285. The van der Waals surface area contributed by atoms with Crippen molar-refractivity contribution in [2.75, 3.05) is 6.16 Å². The molecule has 0 bridgehead atoms. The summed E-state index contributed by atoms with van der Waals surface area (Å²) in [6.45, 7) is 3.90. The highest BCUT2D eigenvalue weighted by Gasteiger charge is 2.24. The van der Waals surface area contributed by atoms with Crippen LogP contribution >= 0.6 is 7.60 Å². The van der Waals surface area contributed by atoms with Crippen LogP contribution in [0.2, 0.25) is 0 Å². The summed E-state index contributed by atoms with van der Waals surface area (Å²) in [4.78, 5) is 34.1. The smallest absolute Gasteiger partial charge is 0.325 e. The number of carbonyl (C=O) groups excluding carboxylic acids is 1. The lowest BCUT2D eigenvalue weighted by molar-refractivity contribution is 0.0972. The monoisotopic (exact) mass is 426 g/mol. The zero-order valence-corrected chi connectivity index (χ0v) is 19.0. The molecule has 1 aliphatic carbocycles. The molecule has 2 rings (SSSR count). The Hall–Kier alpha value is -0.940. The molecular weight excluding hydrogens is 387 g/mol. The number of nitrogens with two attached hydrogens (primary N) is 1. The van der Waals surface area contributed by atoms with E-state index in [1.165, 1.54) is 32.1 Å². The molecule has 7 heteroatoms. The van der Waals surface area contributed by atoms with Gasteiger partial charge in [0.15, 0.2) is 5.78 Å². The van der Waals surface area contributed by atoms with Crippen molar-refractivity contribution in [3.8, 4) is 0 Å². The van der Waals surface area contributed by atoms with E-state index in [1.807, 2.05) is 13.0 Å². The largest absolute Gasteiger partial charge is 0.356 e. The van der Waals surface area contributed by atoms with Crippen LogP contribution in [0.5, 0.6) is 0 Å². The minimum atomic E-state index is -4.04. The summed E-state index contributed by atoms with van der Waals surface area (Å²) in [6, 6.07) is 1.97. The van der Waals surface area contributed by atoms with Crippen LogP contribution in [0.1, 0.15) is 99.8 Å². The Kier molecular flexibility index (Phi) is 9.15. The van der Waals surface area contributed by atoms with Crippen molar-refractivity contribution in [3.05, 3.63) is 23.0 Å². The van der Waals surface area contributed by atoms with Gasteiger partial charge in [-0.15, -0.1) is 0 Å². The molecule has 0 amide bonds. The molecule has 1 fully saturated rings. The van der Waals surface area contributed by atoms with E-state index in [0.717, 1.165) is 36.4 Å². The predicted molar refractivity (Wildman–Crippen MR) is 117 cm³/mol. The number of hydrogen-bond acceptors (Lipinski definition) is 3. The third-order valence-corrected chi connectivity index (χ3v) is 7.14. The van der Waals surface area contributed by atoms with E-state index in [-0.39, 0.29) is 18.4 Å². The summed E-state index contributed by atoms with van der Waals surface area (Å²) >= 11 is 0. The second kappa shape index (κ2) is 10.9. The molecule has 0 aromatic carbocycles. The fourth-order valence-electron chi connectivity index (χ4n) is 4.33. The van der Waals surface area contributed by atoms with Crippen LogP contribution in [0, 0.1) is 5.92 Å². The van der Waals surface area contributed by atoms with Gasteiger partial charge in [0.25, 0.3) is 0 Å². The number of H-pyrrole nitrogens is 1. The molecule has 5 N–H and O–H groups in total. The van der Waals surface area contributed by atoms with Crippen LogP contribution in [0.25, 0.3) is 0 Å². The van der Waals surface area contributed by atoms with Crippen molar-refractivity contribution in [2.45, 2.75) is 96.4 Å². The SMILES string of the molecule is CCc1cc(C(=O)CCCC2CCCCC2)[nH]c1CCC(C)(N)CCP(=O)(O)O. The minimum absolute atomic E-state index is 0.179. The molecule has 1 saturated carbocycles. The standard InChI is InChI=1S/C22H39N2O4P/c1-3-18-16-20(21(25)11-7-10-17-8-5-4-6-9-17)24-19(18)12-13-22(2,23)14-15-29(26,27)28/h16-17,24H,3-15,23H2,1-2H3,(H2,26,27,28). The molecule has 1 atom stereocenters. The maximum atomic E-state index is 12.6. The lowest BCUT2D eigenvalue weighted by Gasteiger charge is -2.24. The lowest BCUT2D eigenvalue weighted by atomic mass is 9.85. The first kappa shape index (κ1) is 24.3. The van der Waals surface area contributed by atoms with Crippen molar-refractivity contribution >= 4 is 13.4 Å². The first-order valence-electron chi connectivity index (χ1n) is 11.2. The number of aryl methyl sites for hydroxylation is 2. The molecule has 1 aromatic rings. The summed E-state index contributed by atoms with van der Waals surface area (Å²) < 4.78 is 11.1. The van der Waals surface area contributed by atoms with Gasteiger partial charge in [-0.1, -0.05) is 45.4 Å². The van der Waals surface area contributed by atoms with Gasteiger partial charge in [0.05, 0.1) is 11.9 Å². The van der Waals surface area contributed by atoms with E-state index in [0.29, 0.717) is 25.0 Å². The molecule has 1 heterocycles. The van der Waals surface area contributed by atoms with Crippen LogP contribution in [-0.4, -0.2) is 32.3 Å². The molecule has 1 aliphatic rings. The number of ketones is 1.